The maximum atomic E-state index is 5.74. The van der Waals surface area contributed by atoms with Crippen LogP contribution in [0.1, 0.15) is 5.56 Å². The van der Waals surface area contributed by atoms with E-state index < -0.39 is 0 Å². The van der Waals surface area contributed by atoms with Crippen LogP contribution in [0.15, 0.2) is 24.3 Å². The third-order valence-corrected chi connectivity index (χ3v) is 1.67. The summed E-state index contributed by atoms with van der Waals surface area (Å²) in [5.74, 6) is 0. The van der Waals surface area contributed by atoms with Crippen molar-refractivity contribution in [3.05, 3.63) is 29.8 Å². The van der Waals surface area contributed by atoms with Crippen LogP contribution in [0, 0.1) is 0 Å². The van der Waals surface area contributed by atoms with Crippen molar-refractivity contribution in [1.29, 1.82) is 0 Å². The molecule has 12 heavy (non-hydrogen) atoms. The summed E-state index contributed by atoms with van der Waals surface area (Å²) < 4.78 is 0. The Kier molecular flexibility index (Phi) is 3.57. The minimum absolute atomic E-state index is 0.800. The first-order chi connectivity index (χ1) is 5.84. The molecule has 0 aliphatic heterocycles. The molecule has 4 N–H and O–H groups in total. The molecule has 0 saturated carbocycles. The number of nitrogens with one attached hydrogen (secondary N) is 2. The fourth-order valence-electron chi connectivity index (χ4n) is 1.02. The number of nitrogen functional groups attached to an aromatic ring is 1. The zero-order chi connectivity index (χ0) is 8.81. The second-order valence-corrected chi connectivity index (χ2v) is 2.66. The van der Waals surface area contributed by atoms with Crippen LogP contribution in [-0.4, -0.2) is 13.7 Å². The topological polar surface area (TPSA) is 50.1 Å². The van der Waals surface area contributed by atoms with Gasteiger partial charge in [-0.1, -0.05) is 18.2 Å². The lowest BCUT2D eigenvalue weighted by Gasteiger charge is -2.05. The van der Waals surface area contributed by atoms with Gasteiger partial charge in [-0.2, -0.15) is 0 Å². The number of anilines is 1. The number of hydrogen-bond acceptors (Lipinski definition) is 3. The monoisotopic (exact) mass is 165 g/mol. The summed E-state index contributed by atoms with van der Waals surface area (Å²) in [5, 5.41) is 6.21. The number of hydrogen-bond donors (Lipinski definition) is 3. The third-order valence-electron chi connectivity index (χ3n) is 1.67. The Morgan fingerprint density at radius 2 is 2.08 bits per heavy atom. The smallest absolute Gasteiger partial charge is 0.0454 e. The van der Waals surface area contributed by atoms with Gasteiger partial charge in [-0.25, -0.2) is 0 Å². The van der Waals surface area contributed by atoms with Crippen LogP contribution >= 0.6 is 0 Å². The van der Waals surface area contributed by atoms with Gasteiger partial charge in [0.1, 0.15) is 0 Å². The van der Waals surface area contributed by atoms with E-state index in [0.29, 0.717) is 0 Å². The van der Waals surface area contributed by atoms with Crippen LogP contribution in [0.4, 0.5) is 5.69 Å². The SMILES string of the molecule is CNCNCc1ccccc1N. The van der Waals surface area contributed by atoms with Gasteiger partial charge in [-0.3, -0.25) is 0 Å². The normalized spacial score (nSPS) is 10.1. The molecule has 0 radical (unpaired) electrons. The van der Waals surface area contributed by atoms with Gasteiger partial charge in [0.2, 0.25) is 0 Å². The van der Waals surface area contributed by atoms with Crippen LogP contribution in [0.5, 0.6) is 0 Å². The van der Waals surface area contributed by atoms with Gasteiger partial charge < -0.3 is 16.4 Å². The molecular weight excluding hydrogens is 150 g/mol. The average molecular weight is 165 g/mol. The molecular formula is C9H15N3. The number of rotatable bonds is 4. The molecule has 66 valence electrons. The molecule has 1 aromatic carbocycles. The van der Waals surface area contributed by atoms with Crippen LogP contribution < -0.4 is 16.4 Å². The minimum atomic E-state index is 0.800. The summed E-state index contributed by atoms with van der Waals surface area (Å²) in [7, 11) is 1.90. The first kappa shape index (κ1) is 9.03. The van der Waals surface area contributed by atoms with Gasteiger partial charge in [0.15, 0.2) is 0 Å². The van der Waals surface area contributed by atoms with Gasteiger partial charge >= 0.3 is 0 Å². The van der Waals surface area contributed by atoms with Crippen molar-refractivity contribution in [3.8, 4) is 0 Å². The summed E-state index contributed by atoms with van der Waals surface area (Å²) >= 11 is 0. The predicted molar refractivity (Wildman–Crippen MR) is 51.6 cm³/mol. The maximum absolute atomic E-state index is 5.74. The average Bonchev–Trinajstić information content (AvgIpc) is 2.09. The van der Waals surface area contributed by atoms with Gasteiger partial charge in [0, 0.05) is 18.9 Å². The van der Waals surface area contributed by atoms with E-state index >= 15 is 0 Å². The van der Waals surface area contributed by atoms with E-state index in [1.165, 1.54) is 0 Å². The molecule has 0 spiro atoms. The van der Waals surface area contributed by atoms with Gasteiger partial charge in [-0.05, 0) is 18.7 Å². The summed E-state index contributed by atoms with van der Waals surface area (Å²) in [4.78, 5) is 0. The van der Waals surface area contributed by atoms with E-state index in [4.69, 9.17) is 5.73 Å². The molecule has 0 unspecified atom stereocenters. The Balaban J connectivity index is 2.46. The fraction of sp³-hybridized carbons (Fsp3) is 0.333. The molecule has 0 heterocycles. The molecule has 0 bridgehead atoms. The lowest BCUT2D eigenvalue weighted by atomic mass is 10.2. The number of nitrogens with two attached hydrogens (primary N) is 1. The van der Waals surface area contributed by atoms with Gasteiger partial charge in [-0.15, -0.1) is 0 Å². The maximum Gasteiger partial charge on any atom is 0.0454 e. The predicted octanol–water partition coefficient (Wildman–Crippen LogP) is 0.535. The highest BCUT2D eigenvalue weighted by Crippen LogP contribution is 2.08. The van der Waals surface area contributed by atoms with E-state index in [1.807, 2.05) is 31.3 Å². The van der Waals surface area contributed by atoms with Crippen molar-refractivity contribution in [1.82, 2.24) is 10.6 Å². The van der Waals surface area contributed by atoms with Crippen molar-refractivity contribution in [2.45, 2.75) is 6.54 Å². The lowest BCUT2D eigenvalue weighted by molar-refractivity contribution is 0.632. The lowest BCUT2D eigenvalue weighted by Crippen LogP contribution is -2.25. The Labute approximate surface area is 73.0 Å². The molecule has 3 heteroatoms. The highest BCUT2D eigenvalue weighted by atomic mass is 15.0. The van der Waals surface area contributed by atoms with Crippen molar-refractivity contribution >= 4 is 5.69 Å². The number of para-hydroxylation sites is 1. The molecule has 0 saturated heterocycles. The van der Waals surface area contributed by atoms with E-state index in [0.717, 1.165) is 24.5 Å². The number of benzene rings is 1. The zero-order valence-corrected chi connectivity index (χ0v) is 7.30. The molecule has 0 atom stereocenters. The Morgan fingerprint density at radius 1 is 1.33 bits per heavy atom. The van der Waals surface area contributed by atoms with Crippen LogP contribution in [0.25, 0.3) is 0 Å². The molecule has 0 aliphatic carbocycles. The van der Waals surface area contributed by atoms with Crippen molar-refractivity contribution in [3.63, 3.8) is 0 Å². The summed E-state index contributed by atoms with van der Waals surface area (Å²) in [6.07, 6.45) is 0. The Morgan fingerprint density at radius 3 is 2.75 bits per heavy atom. The fourth-order valence-corrected chi connectivity index (χ4v) is 1.02. The van der Waals surface area contributed by atoms with E-state index in [9.17, 15) is 0 Å². The molecule has 1 aromatic rings. The van der Waals surface area contributed by atoms with Gasteiger partial charge in [0.25, 0.3) is 0 Å². The summed E-state index contributed by atoms with van der Waals surface area (Å²) in [5.41, 5.74) is 7.74. The molecule has 3 nitrogen and oxygen atoms in total. The molecule has 0 amide bonds. The van der Waals surface area contributed by atoms with Crippen LogP contribution in [-0.2, 0) is 6.54 Å². The molecule has 0 aromatic heterocycles. The van der Waals surface area contributed by atoms with Crippen molar-refractivity contribution < 1.29 is 0 Å². The summed E-state index contributed by atoms with van der Waals surface area (Å²) in [6.45, 7) is 1.61. The molecule has 1 rings (SSSR count). The first-order valence-electron chi connectivity index (χ1n) is 4.03. The van der Waals surface area contributed by atoms with Crippen molar-refractivity contribution in [2.75, 3.05) is 19.5 Å². The molecule has 0 aliphatic rings. The van der Waals surface area contributed by atoms with Crippen LogP contribution in [0.3, 0.4) is 0 Å². The largest absolute Gasteiger partial charge is 0.398 e. The summed E-state index contributed by atoms with van der Waals surface area (Å²) in [6, 6.07) is 7.87. The van der Waals surface area contributed by atoms with Gasteiger partial charge in [0.05, 0.1) is 0 Å². The molecule has 0 fully saturated rings. The Hall–Kier alpha value is -1.06. The van der Waals surface area contributed by atoms with Crippen LogP contribution in [0.2, 0.25) is 0 Å². The highest BCUT2D eigenvalue weighted by Gasteiger charge is 1.94. The Bertz CT molecular complexity index is 235. The van der Waals surface area contributed by atoms with E-state index in [-0.39, 0.29) is 0 Å². The van der Waals surface area contributed by atoms with Crippen molar-refractivity contribution in [2.24, 2.45) is 0 Å². The van der Waals surface area contributed by atoms with E-state index in [2.05, 4.69) is 10.6 Å². The zero-order valence-electron chi connectivity index (χ0n) is 7.30. The standard InChI is InChI=1S/C9H15N3/c1-11-7-12-6-8-4-2-3-5-9(8)10/h2-5,11-12H,6-7,10H2,1H3. The second-order valence-electron chi connectivity index (χ2n) is 2.66. The highest BCUT2D eigenvalue weighted by molar-refractivity contribution is 5.46. The third kappa shape index (κ3) is 2.53. The second kappa shape index (κ2) is 4.74. The quantitative estimate of drug-likeness (QED) is 0.346. The first-order valence-corrected chi connectivity index (χ1v) is 4.03. The van der Waals surface area contributed by atoms with E-state index in [1.54, 1.807) is 0 Å². The minimum Gasteiger partial charge on any atom is -0.398 e.